The minimum atomic E-state index is -0.407. The molecule has 2 aromatic carbocycles. The Kier molecular flexibility index (Phi) is 4.00. The highest BCUT2D eigenvalue weighted by Crippen LogP contribution is 2.12. The van der Waals surface area contributed by atoms with E-state index in [1.165, 1.54) is 0 Å². The summed E-state index contributed by atoms with van der Waals surface area (Å²) < 4.78 is 0. The summed E-state index contributed by atoms with van der Waals surface area (Å²) in [6, 6.07) is 16.5. The Morgan fingerprint density at radius 2 is 1.74 bits per heavy atom. The maximum absolute atomic E-state index is 12.1. The zero-order valence-corrected chi connectivity index (χ0v) is 10.8. The van der Waals surface area contributed by atoms with Crippen LogP contribution < -0.4 is 5.32 Å². The third-order valence-electron chi connectivity index (χ3n) is 2.89. The van der Waals surface area contributed by atoms with Gasteiger partial charge in [0.2, 0.25) is 0 Å². The van der Waals surface area contributed by atoms with Gasteiger partial charge in [-0.25, -0.2) is 0 Å². The molecule has 0 radical (unpaired) electrons. The lowest BCUT2D eigenvalue weighted by molar-refractivity contribution is 0.0945. The first kappa shape index (κ1) is 12.9. The molecule has 2 aromatic rings. The van der Waals surface area contributed by atoms with Crippen molar-refractivity contribution in [2.45, 2.75) is 13.0 Å². The predicted octanol–water partition coefficient (Wildman–Crippen LogP) is 3.10. The first-order valence-corrected chi connectivity index (χ1v) is 6.09. The highest BCUT2D eigenvalue weighted by Gasteiger charge is 2.12. The molecule has 2 heteroatoms. The van der Waals surface area contributed by atoms with Gasteiger partial charge in [-0.1, -0.05) is 53.9 Å². The summed E-state index contributed by atoms with van der Waals surface area (Å²) in [6.07, 6.45) is 5.49. The Morgan fingerprint density at radius 1 is 1.11 bits per heavy atom. The van der Waals surface area contributed by atoms with Crippen LogP contribution in [0.5, 0.6) is 0 Å². The van der Waals surface area contributed by atoms with Crippen molar-refractivity contribution in [2.75, 3.05) is 0 Å². The van der Waals surface area contributed by atoms with Gasteiger partial charge in [0.1, 0.15) is 6.04 Å². The lowest BCUT2D eigenvalue weighted by Gasteiger charge is -2.13. The largest absolute Gasteiger partial charge is 0.334 e. The van der Waals surface area contributed by atoms with Crippen molar-refractivity contribution in [3.05, 3.63) is 71.3 Å². The molecular formula is C17H15NO. The van der Waals surface area contributed by atoms with Crippen LogP contribution in [0.25, 0.3) is 0 Å². The fraction of sp³-hybridized carbons (Fsp3) is 0.118. The molecule has 2 nitrogen and oxygen atoms in total. The van der Waals surface area contributed by atoms with Crippen LogP contribution in [0.1, 0.15) is 27.5 Å². The predicted molar refractivity (Wildman–Crippen MR) is 76.7 cm³/mol. The van der Waals surface area contributed by atoms with Crippen LogP contribution in [-0.2, 0) is 0 Å². The molecule has 0 aliphatic heterocycles. The third-order valence-corrected chi connectivity index (χ3v) is 2.89. The second kappa shape index (κ2) is 5.88. The second-order valence-electron chi connectivity index (χ2n) is 4.35. The monoisotopic (exact) mass is 249 g/mol. The number of carbonyl (C=O) groups excluding carboxylic acids is 1. The zero-order valence-electron chi connectivity index (χ0n) is 10.8. The molecule has 0 aromatic heterocycles. The van der Waals surface area contributed by atoms with E-state index in [1.807, 2.05) is 49.4 Å². The molecular weight excluding hydrogens is 234 g/mol. The molecule has 0 fully saturated rings. The molecule has 0 spiro atoms. The van der Waals surface area contributed by atoms with E-state index in [2.05, 4.69) is 11.2 Å². The summed E-state index contributed by atoms with van der Waals surface area (Å²) in [5.74, 6) is 2.44. The summed E-state index contributed by atoms with van der Waals surface area (Å²) in [6.45, 7) is 1.98. The Balaban J connectivity index is 2.13. The first-order valence-electron chi connectivity index (χ1n) is 6.09. The van der Waals surface area contributed by atoms with Crippen LogP contribution in [0.15, 0.2) is 54.6 Å². The molecule has 0 aliphatic rings. The number of amides is 1. The fourth-order valence-corrected chi connectivity index (χ4v) is 1.79. The van der Waals surface area contributed by atoms with Crippen LogP contribution in [-0.4, -0.2) is 5.91 Å². The molecule has 0 saturated carbocycles. The average molecular weight is 249 g/mol. The maximum Gasteiger partial charge on any atom is 0.252 e. The molecule has 2 rings (SSSR count). The summed E-state index contributed by atoms with van der Waals surface area (Å²) in [5, 5.41) is 2.84. The third kappa shape index (κ3) is 3.23. The van der Waals surface area contributed by atoms with E-state index < -0.39 is 6.04 Å². The molecule has 94 valence electrons. The first-order chi connectivity index (χ1) is 9.20. The van der Waals surface area contributed by atoms with Gasteiger partial charge >= 0.3 is 0 Å². The van der Waals surface area contributed by atoms with Gasteiger partial charge in [0.15, 0.2) is 0 Å². The van der Waals surface area contributed by atoms with Gasteiger partial charge in [-0.05, 0) is 24.6 Å². The smallest absolute Gasteiger partial charge is 0.252 e. The highest BCUT2D eigenvalue weighted by molar-refractivity contribution is 5.94. The van der Waals surface area contributed by atoms with E-state index in [-0.39, 0.29) is 5.91 Å². The topological polar surface area (TPSA) is 29.1 Å². The summed E-state index contributed by atoms with van der Waals surface area (Å²) >= 11 is 0. The number of hydrogen-bond donors (Lipinski definition) is 1. The number of carbonyl (C=O) groups is 1. The van der Waals surface area contributed by atoms with Gasteiger partial charge in [0.05, 0.1) is 0 Å². The van der Waals surface area contributed by atoms with Crippen LogP contribution in [0.2, 0.25) is 0 Å². The minimum Gasteiger partial charge on any atom is -0.334 e. The van der Waals surface area contributed by atoms with Gasteiger partial charge in [-0.15, -0.1) is 6.42 Å². The second-order valence-corrected chi connectivity index (χ2v) is 4.35. The molecule has 0 heterocycles. The molecule has 0 saturated heterocycles. The number of terminal acetylenes is 1. The zero-order chi connectivity index (χ0) is 13.7. The van der Waals surface area contributed by atoms with Crippen molar-refractivity contribution in [2.24, 2.45) is 0 Å². The van der Waals surface area contributed by atoms with Crippen LogP contribution in [0, 0.1) is 19.3 Å². The van der Waals surface area contributed by atoms with Gasteiger partial charge in [-0.3, -0.25) is 4.79 Å². The Bertz CT molecular complexity index is 593. The lowest BCUT2D eigenvalue weighted by atomic mass is 10.1. The SMILES string of the molecule is C#CC(NC(=O)c1ccc(C)cc1)c1ccccc1. The van der Waals surface area contributed by atoms with Gasteiger partial charge in [0, 0.05) is 5.56 Å². The van der Waals surface area contributed by atoms with Crippen molar-refractivity contribution in [1.29, 1.82) is 0 Å². The van der Waals surface area contributed by atoms with Crippen LogP contribution in [0.4, 0.5) is 0 Å². The minimum absolute atomic E-state index is 0.160. The van der Waals surface area contributed by atoms with Crippen LogP contribution in [0.3, 0.4) is 0 Å². The van der Waals surface area contributed by atoms with Crippen molar-refractivity contribution in [3.8, 4) is 12.3 Å². The molecule has 0 bridgehead atoms. The lowest BCUT2D eigenvalue weighted by Crippen LogP contribution is -2.27. The molecule has 0 aliphatic carbocycles. The van der Waals surface area contributed by atoms with Crippen molar-refractivity contribution in [3.63, 3.8) is 0 Å². The van der Waals surface area contributed by atoms with E-state index in [9.17, 15) is 4.79 Å². The van der Waals surface area contributed by atoms with E-state index in [4.69, 9.17) is 6.42 Å². The summed E-state index contributed by atoms with van der Waals surface area (Å²) in [5.41, 5.74) is 2.64. The molecule has 1 unspecified atom stereocenters. The maximum atomic E-state index is 12.1. The van der Waals surface area contributed by atoms with Crippen molar-refractivity contribution >= 4 is 5.91 Å². The summed E-state index contributed by atoms with van der Waals surface area (Å²) in [7, 11) is 0. The number of aryl methyl sites for hydroxylation is 1. The number of rotatable bonds is 3. The van der Waals surface area contributed by atoms with Gasteiger partial charge in [-0.2, -0.15) is 0 Å². The number of benzene rings is 2. The Hall–Kier alpha value is -2.53. The Morgan fingerprint density at radius 3 is 2.32 bits per heavy atom. The van der Waals surface area contributed by atoms with Crippen molar-refractivity contribution in [1.82, 2.24) is 5.32 Å². The average Bonchev–Trinajstić information content (AvgIpc) is 2.46. The number of nitrogens with one attached hydrogen (secondary N) is 1. The molecule has 1 N–H and O–H groups in total. The standard InChI is InChI=1S/C17H15NO/c1-3-16(14-7-5-4-6-8-14)18-17(19)15-11-9-13(2)10-12-15/h1,4-12,16H,2H3,(H,18,19). The van der Waals surface area contributed by atoms with E-state index in [0.29, 0.717) is 5.56 Å². The van der Waals surface area contributed by atoms with E-state index in [0.717, 1.165) is 11.1 Å². The normalized spacial score (nSPS) is 11.4. The van der Waals surface area contributed by atoms with E-state index >= 15 is 0 Å². The Labute approximate surface area is 113 Å². The molecule has 1 atom stereocenters. The quantitative estimate of drug-likeness (QED) is 0.832. The van der Waals surface area contributed by atoms with Gasteiger partial charge < -0.3 is 5.32 Å². The summed E-state index contributed by atoms with van der Waals surface area (Å²) in [4.78, 5) is 12.1. The van der Waals surface area contributed by atoms with Crippen molar-refractivity contribution < 1.29 is 4.79 Å². The fourth-order valence-electron chi connectivity index (χ4n) is 1.79. The van der Waals surface area contributed by atoms with E-state index in [1.54, 1.807) is 12.1 Å². The molecule has 19 heavy (non-hydrogen) atoms. The molecule has 1 amide bonds. The number of hydrogen-bond acceptors (Lipinski definition) is 1. The van der Waals surface area contributed by atoms with Gasteiger partial charge in [0.25, 0.3) is 5.91 Å². The van der Waals surface area contributed by atoms with Crippen LogP contribution >= 0.6 is 0 Å². The highest BCUT2D eigenvalue weighted by atomic mass is 16.1.